The maximum Gasteiger partial charge on any atom is 0.180 e. The molecule has 0 amide bonds. The summed E-state index contributed by atoms with van der Waals surface area (Å²) in [6.07, 6.45) is 0. The van der Waals surface area contributed by atoms with E-state index in [0.717, 1.165) is 50.0 Å². The Labute approximate surface area is 281 Å². The van der Waals surface area contributed by atoms with E-state index in [1.807, 2.05) is 6.07 Å². The summed E-state index contributed by atoms with van der Waals surface area (Å²) in [7, 11) is 0. The lowest BCUT2D eigenvalue weighted by Gasteiger charge is -2.15. The Hall–Kier alpha value is -6.52. The fraction of sp³-hybridized carbons (Fsp3) is 0.0222. The molecule has 49 heavy (non-hydrogen) atoms. The van der Waals surface area contributed by atoms with Gasteiger partial charge in [-0.3, -0.25) is 0 Å². The zero-order valence-corrected chi connectivity index (χ0v) is 26.3. The standard InChI is InChI=1S/C45H27N3O/c1-3-13-27(14-4-1)42-44-43(37-23-28-15-7-8-16-29(28)24-40(37)49-44)47-45(46-42)41-33-21-10-9-19-31(33)34-25-35-32-20-11-12-22-38(32)48(39(35)26-36(34)41)30-17-5-2-6-18-30/h1-26,41H. The Kier molecular flexibility index (Phi) is 5.41. The largest absolute Gasteiger partial charge is 0.452 e. The third-order valence-corrected chi connectivity index (χ3v) is 10.2. The molecule has 0 saturated carbocycles. The lowest BCUT2D eigenvalue weighted by Crippen LogP contribution is -2.07. The average molecular weight is 626 g/mol. The molecule has 228 valence electrons. The molecule has 0 saturated heterocycles. The number of rotatable bonds is 3. The molecule has 1 aliphatic rings. The van der Waals surface area contributed by atoms with E-state index in [0.29, 0.717) is 5.58 Å². The monoisotopic (exact) mass is 625 g/mol. The first-order valence-electron chi connectivity index (χ1n) is 16.7. The predicted molar refractivity (Wildman–Crippen MR) is 199 cm³/mol. The van der Waals surface area contributed by atoms with Crippen LogP contribution in [0.1, 0.15) is 22.9 Å². The van der Waals surface area contributed by atoms with Crippen molar-refractivity contribution in [2.24, 2.45) is 0 Å². The van der Waals surface area contributed by atoms with Gasteiger partial charge in [-0.25, -0.2) is 9.97 Å². The summed E-state index contributed by atoms with van der Waals surface area (Å²) in [5, 5.41) is 5.78. The summed E-state index contributed by atoms with van der Waals surface area (Å²) >= 11 is 0. The predicted octanol–water partition coefficient (Wildman–Crippen LogP) is 11.5. The van der Waals surface area contributed by atoms with Crippen LogP contribution in [-0.2, 0) is 0 Å². The van der Waals surface area contributed by atoms with Gasteiger partial charge in [-0.2, -0.15) is 0 Å². The first-order valence-corrected chi connectivity index (χ1v) is 16.7. The van der Waals surface area contributed by atoms with Gasteiger partial charge in [-0.05, 0) is 75.5 Å². The first-order chi connectivity index (χ1) is 24.3. The van der Waals surface area contributed by atoms with Crippen molar-refractivity contribution in [2.45, 2.75) is 5.92 Å². The van der Waals surface area contributed by atoms with E-state index in [1.165, 1.54) is 44.1 Å². The topological polar surface area (TPSA) is 43.9 Å². The minimum Gasteiger partial charge on any atom is -0.452 e. The number of aromatic nitrogens is 3. The summed E-state index contributed by atoms with van der Waals surface area (Å²) in [5.41, 5.74) is 12.6. The molecule has 7 aromatic carbocycles. The van der Waals surface area contributed by atoms with Crippen LogP contribution >= 0.6 is 0 Å². The van der Waals surface area contributed by atoms with E-state index >= 15 is 0 Å². The van der Waals surface area contributed by atoms with Gasteiger partial charge in [0.15, 0.2) is 5.58 Å². The van der Waals surface area contributed by atoms with Crippen LogP contribution in [0.15, 0.2) is 162 Å². The molecule has 10 aromatic rings. The highest BCUT2D eigenvalue weighted by atomic mass is 16.3. The zero-order chi connectivity index (χ0) is 32.1. The average Bonchev–Trinajstić information content (AvgIpc) is 3.80. The van der Waals surface area contributed by atoms with Crippen molar-refractivity contribution >= 4 is 54.6 Å². The fourth-order valence-corrected chi connectivity index (χ4v) is 8.06. The van der Waals surface area contributed by atoms with E-state index < -0.39 is 0 Å². The Bertz CT molecular complexity index is 2940. The van der Waals surface area contributed by atoms with Crippen molar-refractivity contribution in [2.75, 3.05) is 0 Å². The van der Waals surface area contributed by atoms with Crippen molar-refractivity contribution in [3.63, 3.8) is 0 Å². The van der Waals surface area contributed by atoms with E-state index in [4.69, 9.17) is 14.4 Å². The lowest BCUT2D eigenvalue weighted by atomic mass is 9.94. The smallest absolute Gasteiger partial charge is 0.180 e. The molecule has 0 aliphatic heterocycles. The molecule has 3 heterocycles. The summed E-state index contributed by atoms with van der Waals surface area (Å²) in [5.74, 6) is 0.616. The van der Waals surface area contributed by atoms with Crippen LogP contribution in [0.5, 0.6) is 0 Å². The van der Waals surface area contributed by atoms with Crippen LogP contribution in [0.3, 0.4) is 0 Å². The van der Waals surface area contributed by atoms with Crippen LogP contribution in [0.4, 0.5) is 0 Å². The molecule has 0 N–H and O–H groups in total. The van der Waals surface area contributed by atoms with Crippen LogP contribution in [-0.4, -0.2) is 14.5 Å². The molecule has 1 atom stereocenters. The molecular weight excluding hydrogens is 599 g/mol. The van der Waals surface area contributed by atoms with Crippen LogP contribution in [0.25, 0.3) is 82.7 Å². The fourth-order valence-electron chi connectivity index (χ4n) is 8.06. The minimum atomic E-state index is -0.157. The van der Waals surface area contributed by atoms with E-state index in [9.17, 15) is 0 Å². The Balaban J connectivity index is 1.24. The third kappa shape index (κ3) is 3.80. The number of benzene rings is 7. The third-order valence-electron chi connectivity index (χ3n) is 10.2. The normalized spacial score (nSPS) is 13.9. The van der Waals surface area contributed by atoms with Crippen LogP contribution in [0, 0.1) is 0 Å². The van der Waals surface area contributed by atoms with Gasteiger partial charge in [-0.15, -0.1) is 0 Å². The Morgan fingerprint density at radius 2 is 1.22 bits per heavy atom. The second-order valence-corrected chi connectivity index (χ2v) is 12.9. The van der Waals surface area contributed by atoms with E-state index in [-0.39, 0.29) is 5.92 Å². The zero-order valence-electron chi connectivity index (χ0n) is 26.3. The van der Waals surface area contributed by atoms with Gasteiger partial charge >= 0.3 is 0 Å². The Morgan fingerprint density at radius 3 is 2.08 bits per heavy atom. The summed E-state index contributed by atoms with van der Waals surface area (Å²) in [6, 6.07) is 56.0. The van der Waals surface area contributed by atoms with Gasteiger partial charge < -0.3 is 8.98 Å². The molecule has 0 spiro atoms. The highest BCUT2D eigenvalue weighted by Crippen LogP contribution is 2.50. The van der Waals surface area contributed by atoms with Gasteiger partial charge in [0.2, 0.25) is 0 Å². The van der Waals surface area contributed by atoms with Crippen molar-refractivity contribution < 1.29 is 4.42 Å². The number of fused-ring (bicyclic) bond motifs is 10. The summed E-state index contributed by atoms with van der Waals surface area (Å²) in [4.78, 5) is 10.8. The first kappa shape index (κ1) is 26.5. The molecule has 0 fully saturated rings. The van der Waals surface area contributed by atoms with Gasteiger partial charge in [0, 0.05) is 27.4 Å². The number of hydrogen-bond donors (Lipinski definition) is 0. The van der Waals surface area contributed by atoms with Crippen molar-refractivity contribution in [1.29, 1.82) is 0 Å². The van der Waals surface area contributed by atoms with Crippen molar-refractivity contribution in [3.8, 4) is 28.1 Å². The van der Waals surface area contributed by atoms with Gasteiger partial charge in [0.05, 0.1) is 17.0 Å². The SMILES string of the molecule is c1ccc(-c2nc(C3c4ccccc4-c4cc5c6ccccc6n(-c6ccccc6)c5cc43)nc3c2oc2cc4ccccc4cc23)cc1. The van der Waals surface area contributed by atoms with E-state index in [2.05, 4.69) is 156 Å². The molecule has 0 bridgehead atoms. The molecule has 0 radical (unpaired) electrons. The van der Waals surface area contributed by atoms with Crippen molar-refractivity contribution in [3.05, 3.63) is 175 Å². The highest BCUT2D eigenvalue weighted by molar-refractivity contribution is 6.12. The second kappa shape index (κ2) is 9.99. The summed E-state index contributed by atoms with van der Waals surface area (Å²) in [6.45, 7) is 0. The van der Waals surface area contributed by atoms with Gasteiger partial charge in [0.25, 0.3) is 0 Å². The quantitative estimate of drug-likeness (QED) is 0.196. The highest BCUT2D eigenvalue weighted by Gasteiger charge is 2.34. The summed E-state index contributed by atoms with van der Waals surface area (Å²) < 4.78 is 9.02. The second-order valence-electron chi connectivity index (χ2n) is 12.9. The maximum atomic E-state index is 6.63. The van der Waals surface area contributed by atoms with Gasteiger partial charge in [0.1, 0.15) is 22.6 Å². The molecule has 1 unspecified atom stereocenters. The maximum absolute atomic E-state index is 6.63. The molecule has 4 heteroatoms. The van der Waals surface area contributed by atoms with Gasteiger partial charge in [-0.1, -0.05) is 115 Å². The molecular formula is C45H27N3O. The Morgan fingerprint density at radius 1 is 0.510 bits per heavy atom. The minimum absolute atomic E-state index is 0.157. The van der Waals surface area contributed by atoms with Crippen LogP contribution in [0.2, 0.25) is 0 Å². The number of hydrogen-bond acceptors (Lipinski definition) is 3. The number of furan rings is 1. The van der Waals surface area contributed by atoms with E-state index in [1.54, 1.807) is 0 Å². The molecule has 11 rings (SSSR count). The molecule has 1 aliphatic carbocycles. The number of nitrogens with zero attached hydrogens (tertiary/aromatic N) is 3. The number of para-hydroxylation sites is 2. The van der Waals surface area contributed by atoms with Crippen LogP contribution < -0.4 is 0 Å². The van der Waals surface area contributed by atoms with Crippen molar-refractivity contribution in [1.82, 2.24) is 14.5 Å². The lowest BCUT2D eigenvalue weighted by molar-refractivity contribution is 0.666. The molecule has 3 aromatic heterocycles. The molecule has 4 nitrogen and oxygen atoms in total.